The summed E-state index contributed by atoms with van der Waals surface area (Å²) in [7, 11) is 0. The van der Waals surface area contributed by atoms with E-state index in [-0.39, 0.29) is 0 Å². The van der Waals surface area contributed by atoms with Crippen LogP contribution in [0.15, 0.2) is 55.2 Å². The van der Waals surface area contributed by atoms with E-state index in [9.17, 15) is 0 Å². The number of hydrogen-bond donors (Lipinski definition) is 2. The zero-order valence-corrected chi connectivity index (χ0v) is 14.4. The Morgan fingerprint density at radius 1 is 1.42 bits per heavy atom. The van der Waals surface area contributed by atoms with Crippen LogP contribution < -0.4 is 16.0 Å². The number of nitrogen functional groups attached to an aromatic ring is 1. The summed E-state index contributed by atoms with van der Waals surface area (Å²) in [4.78, 5) is 10.8. The molecule has 0 amide bonds. The Labute approximate surface area is 144 Å². The van der Waals surface area contributed by atoms with Gasteiger partial charge in [0, 0.05) is 37.4 Å². The van der Waals surface area contributed by atoms with Gasteiger partial charge in [-0.15, -0.1) is 0 Å². The van der Waals surface area contributed by atoms with Crippen LogP contribution in [0.3, 0.4) is 0 Å². The maximum atomic E-state index is 5.78. The van der Waals surface area contributed by atoms with Crippen LogP contribution in [0.2, 0.25) is 0 Å². The molecule has 3 N–H and O–H groups in total. The van der Waals surface area contributed by atoms with Crippen molar-refractivity contribution in [1.82, 2.24) is 15.3 Å². The standard InChI is InChI=1S/C19H27N5/c1-4-6-9-16(8-5-2)13-21-17-10-7-11-24(14-17)18-12-15(3)22-19(20)23-18/h4-6,8-9,12,17,21H,1-2,7,10-11,13-14H2,3H3,(H2,20,22,23)/b9-6-,16-8+/t17-/m0/s1. The largest absolute Gasteiger partial charge is 0.368 e. The van der Waals surface area contributed by atoms with E-state index in [1.807, 2.05) is 31.2 Å². The third kappa shape index (κ3) is 5.35. The molecule has 2 heterocycles. The van der Waals surface area contributed by atoms with Gasteiger partial charge in [-0.25, -0.2) is 4.98 Å². The van der Waals surface area contributed by atoms with Crippen molar-refractivity contribution in [1.29, 1.82) is 0 Å². The van der Waals surface area contributed by atoms with Crippen molar-refractivity contribution in [3.8, 4) is 0 Å². The zero-order valence-electron chi connectivity index (χ0n) is 14.4. The van der Waals surface area contributed by atoms with Gasteiger partial charge in [0.15, 0.2) is 0 Å². The number of piperidine rings is 1. The lowest BCUT2D eigenvalue weighted by atomic mass is 10.0. The van der Waals surface area contributed by atoms with Gasteiger partial charge in [-0.3, -0.25) is 0 Å². The van der Waals surface area contributed by atoms with Crippen LogP contribution >= 0.6 is 0 Å². The van der Waals surface area contributed by atoms with E-state index >= 15 is 0 Å². The molecule has 1 atom stereocenters. The summed E-state index contributed by atoms with van der Waals surface area (Å²) < 4.78 is 0. The van der Waals surface area contributed by atoms with E-state index in [1.54, 1.807) is 6.08 Å². The van der Waals surface area contributed by atoms with Crippen molar-refractivity contribution in [2.45, 2.75) is 25.8 Å². The minimum absolute atomic E-state index is 0.339. The SMILES string of the molecule is C=C/C=C\C(=C/C=C)CN[C@H]1CCCN(c2cc(C)nc(N)n2)C1. The van der Waals surface area contributed by atoms with Crippen LogP contribution in [0, 0.1) is 6.92 Å². The molecule has 5 nitrogen and oxygen atoms in total. The number of aromatic nitrogens is 2. The zero-order chi connectivity index (χ0) is 17.4. The number of nitrogens with two attached hydrogens (primary N) is 1. The van der Waals surface area contributed by atoms with Crippen molar-refractivity contribution in [2.75, 3.05) is 30.3 Å². The Morgan fingerprint density at radius 3 is 2.96 bits per heavy atom. The highest BCUT2D eigenvalue weighted by Gasteiger charge is 2.21. The molecule has 1 fully saturated rings. The molecule has 0 saturated carbocycles. The van der Waals surface area contributed by atoms with Gasteiger partial charge in [-0.1, -0.05) is 43.5 Å². The number of nitrogens with one attached hydrogen (secondary N) is 1. The van der Waals surface area contributed by atoms with Crippen molar-refractivity contribution < 1.29 is 0 Å². The van der Waals surface area contributed by atoms with Gasteiger partial charge in [0.1, 0.15) is 5.82 Å². The van der Waals surface area contributed by atoms with E-state index < -0.39 is 0 Å². The summed E-state index contributed by atoms with van der Waals surface area (Å²) in [6.45, 7) is 12.2. The third-order valence-electron chi connectivity index (χ3n) is 3.98. The molecule has 0 aliphatic carbocycles. The molecule has 0 unspecified atom stereocenters. The number of anilines is 2. The number of aryl methyl sites for hydroxylation is 1. The maximum absolute atomic E-state index is 5.78. The predicted molar refractivity (Wildman–Crippen MR) is 102 cm³/mol. The molecule has 128 valence electrons. The average molecular weight is 325 g/mol. The first-order chi connectivity index (χ1) is 11.6. The normalized spacial score (nSPS) is 18.8. The fourth-order valence-corrected chi connectivity index (χ4v) is 2.87. The van der Waals surface area contributed by atoms with Crippen molar-refractivity contribution in [2.24, 2.45) is 0 Å². The van der Waals surface area contributed by atoms with Gasteiger partial charge >= 0.3 is 0 Å². The van der Waals surface area contributed by atoms with Gasteiger partial charge in [-0.2, -0.15) is 4.98 Å². The predicted octanol–water partition coefficient (Wildman–Crippen LogP) is 2.78. The Balaban J connectivity index is 1.97. The Morgan fingerprint density at radius 2 is 2.25 bits per heavy atom. The first kappa shape index (κ1) is 17.9. The second kappa shape index (κ2) is 9.03. The summed E-state index contributed by atoms with van der Waals surface area (Å²) in [5.41, 5.74) is 7.87. The van der Waals surface area contributed by atoms with Crippen LogP contribution in [0.25, 0.3) is 0 Å². The number of nitrogens with zero attached hydrogens (tertiary/aromatic N) is 3. The first-order valence-electron chi connectivity index (χ1n) is 8.32. The molecule has 0 bridgehead atoms. The molecule has 0 radical (unpaired) electrons. The van der Waals surface area contributed by atoms with E-state index in [1.165, 1.54) is 5.57 Å². The molecule has 1 aliphatic rings. The summed E-state index contributed by atoms with van der Waals surface area (Å²) in [5, 5.41) is 3.63. The molecule has 2 rings (SSSR count). The fraction of sp³-hybridized carbons (Fsp3) is 0.368. The van der Waals surface area contributed by atoms with Crippen LogP contribution in [0.4, 0.5) is 11.8 Å². The lowest BCUT2D eigenvalue weighted by Crippen LogP contribution is -2.46. The van der Waals surface area contributed by atoms with Crippen LogP contribution in [0.5, 0.6) is 0 Å². The molecule has 24 heavy (non-hydrogen) atoms. The van der Waals surface area contributed by atoms with Crippen molar-refractivity contribution in [3.05, 3.63) is 60.9 Å². The van der Waals surface area contributed by atoms with Crippen molar-refractivity contribution >= 4 is 11.8 Å². The van der Waals surface area contributed by atoms with Gasteiger partial charge in [0.25, 0.3) is 0 Å². The van der Waals surface area contributed by atoms with E-state index in [4.69, 9.17) is 5.73 Å². The van der Waals surface area contributed by atoms with Gasteiger partial charge < -0.3 is 16.0 Å². The molecule has 1 saturated heterocycles. The van der Waals surface area contributed by atoms with Gasteiger partial charge in [0.2, 0.25) is 5.95 Å². The highest BCUT2D eigenvalue weighted by atomic mass is 15.2. The van der Waals surface area contributed by atoms with E-state index in [2.05, 4.69) is 39.4 Å². The third-order valence-corrected chi connectivity index (χ3v) is 3.98. The topological polar surface area (TPSA) is 67.1 Å². The van der Waals surface area contributed by atoms with Crippen molar-refractivity contribution in [3.63, 3.8) is 0 Å². The molecule has 5 heteroatoms. The molecule has 1 aromatic heterocycles. The summed E-state index contributed by atoms with van der Waals surface area (Å²) in [5.74, 6) is 1.26. The summed E-state index contributed by atoms with van der Waals surface area (Å²) in [6, 6.07) is 2.41. The highest BCUT2D eigenvalue weighted by molar-refractivity contribution is 5.44. The molecule has 0 aromatic carbocycles. The number of allylic oxidation sites excluding steroid dienone is 4. The van der Waals surface area contributed by atoms with Crippen LogP contribution in [0.1, 0.15) is 18.5 Å². The highest BCUT2D eigenvalue weighted by Crippen LogP contribution is 2.19. The van der Waals surface area contributed by atoms with Crippen LogP contribution in [-0.4, -0.2) is 35.6 Å². The molecular formula is C19H27N5. The Kier molecular flexibility index (Phi) is 6.75. The quantitative estimate of drug-likeness (QED) is 0.755. The second-order valence-electron chi connectivity index (χ2n) is 5.96. The summed E-state index contributed by atoms with van der Waals surface area (Å²) >= 11 is 0. The lowest BCUT2D eigenvalue weighted by molar-refractivity contribution is 0.434. The first-order valence-corrected chi connectivity index (χ1v) is 8.32. The molecule has 1 aromatic rings. The fourth-order valence-electron chi connectivity index (χ4n) is 2.87. The maximum Gasteiger partial charge on any atom is 0.222 e. The van der Waals surface area contributed by atoms with Gasteiger partial charge in [0.05, 0.1) is 0 Å². The molecule has 0 spiro atoms. The van der Waals surface area contributed by atoms with Gasteiger partial charge in [-0.05, 0) is 25.3 Å². The second-order valence-corrected chi connectivity index (χ2v) is 5.96. The average Bonchev–Trinajstić information content (AvgIpc) is 2.57. The molecule has 1 aliphatic heterocycles. The Hall–Kier alpha value is -2.40. The number of rotatable bonds is 7. The lowest BCUT2D eigenvalue weighted by Gasteiger charge is -2.34. The Bertz CT molecular complexity index is 612. The summed E-state index contributed by atoms with van der Waals surface area (Å²) in [6.07, 6.45) is 11.9. The minimum Gasteiger partial charge on any atom is -0.368 e. The monoisotopic (exact) mass is 325 g/mol. The minimum atomic E-state index is 0.339. The van der Waals surface area contributed by atoms with E-state index in [0.717, 1.165) is 44.0 Å². The molecular weight excluding hydrogens is 298 g/mol. The van der Waals surface area contributed by atoms with E-state index in [0.29, 0.717) is 12.0 Å². The van der Waals surface area contributed by atoms with Crippen LogP contribution in [-0.2, 0) is 0 Å². The smallest absolute Gasteiger partial charge is 0.222 e. The number of hydrogen-bond acceptors (Lipinski definition) is 5.